The molecule has 0 aliphatic carbocycles. The highest BCUT2D eigenvalue weighted by molar-refractivity contribution is 5.90. The molecular formula is C28H27N3O3. The van der Waals surface area contributed by atoms with E-state index in [1.165, 1.54) is 0 Å². The molecule has 5 rings (SSSR count). The second kappa shape index (κ2) is 9.35. The van der Waals surface area contributed by atoms with E-state index in [0.717, 1.165) is 34.0 Å². The fraction of sp³-hybridized carbons (Fsp3) is 0.179. The van der Waals surface area contributed by atoms with Gasteiger partial charge in [-0.1, -0.05) is 30.3 Å². The predicted molar refractivity (Wildman–Crippen MR) is 133 cm³/mol. The molecular weight excluding hydrogens is 426 g/mol. The number of nitrogens with zero attached hydrogens (tertiary/aromatic N) is 2. The van der Waals surface area contributed by atoms with Crippen molar-refractivity contribution >= 4 is 11.7 Å². The van der Waals surface area contributed by atoms with E-state index in [0.29, 0.717) is 18.8 Å². The van der Waals surface area contributed by atoms with E-state index >= 15 is 0 Å². The van der Waals surface area contributed by atoms with E-state index in [1.807, 2.05) is 78.6 Å². The highest BCUT2D eigenvalue weighted by atomic mass is 16.5. The summed E-state index contributed by atoms with van der Waals surface area (Å²) in [5, 5.41) is 3.07. The predicted octanol–water partition coefficient (Wildman–Crippen LogP) is 6.02. The Balaban J connectivity index is 1.57. The van der Waals surface area contributed by atoms with E-state index in [-0.39, 0.29) is 12.1 Å². The third-order valence-corrected chi connectivity index (χ3v) is 6.07. The molecule has 2 amide bonds. The topological polar surface area (TPSA) is 55.7 Å². The molecule has 0 unspecified atom stereocenters. The molecule has 0 bridgehead atoms. The van der Waals surface area contributed by atoms with Gasteiger partial charge in [-0.15, -0.1) is 0 Å². The maximum atomic E-state index is 13.7. The number of rotatable bonds is 5. The number of aromatic nitrogens is 1. The lowest BCUT2D eigenvalue weighted by Crippen LogP contribution is -2.37. The number of methoxy groups -OCH3 is 1. The summed E-state index contributed by atoms with van der Waals surface area (Å²) in [6, 6.07) is 27.2. The van der Waals surface area contributed by atoms with Crippen LogP contribution in [-0.2, 0) is 6.54 Å². The molecule has 34 heavy (non-hydrogen) atoms. The van der Waals surface area contributed by atoms with Gasteiger partial charge in [0.25, 0.3) is 0 Å². The van der Waals surface area contributed by atoms with Gasteiger partial charge in [-0.2, -0.15) is 0 Å². The molecule has 1 aliphatic heterocycles. The smallest absolute Gasteiger partial charge is 0.322 e. The van der Waals surface area contributed by atoms with Gasteiger partial charge in [0.15, 0.2) is 0 Å². The summed E-state index contributed by atoms with van der Waals surface area (Å²) in [4.78, 5) is 15.6. The van der Waals surface area contributed by atoms with E-state index in [1.54, 1.807) is 7.11 Å². The minimum absolute atomic E-state index is 0.173. The van der Waals surface area contributed by atoms with Crippen LogP contribution in [0.3, 0.4) is 0 Å². The first kappa shape index (κ1) is 21.6. The van der Waals surface area contributed by atoms with Gasteiger partial charge in [0.2, 0.25) is 0 Å². The maximum Gasteiger partial charge on any atom is 0.322 e. The third-order valence-electron chi connectivity index (χ3n) is 6.07. The van der Waals surface area contributed by atoms with Crippen LogP contribution in [0.5, 0.6) is 11.5 Å². The number of urea groups is 1. The van der Waals surface area contributed by atoms with Crippen LogP contribution in [0.4, 0.5) is 10.5 Å². The fourth-order valence-electron chi connectivity index (χ4n) is 4.47. The summed E-state index contributed by atoms with van der Waals surface area (Å²) in [6.45, 7) is 3.05. The number of para-hydroxylation sites is 1. The Labute approximate surface area is 199 Å². The van der Waals surface area contributed by atoms with Gasteiger partial charge in [-0.3, -0.25) is 0 Å². The minimum atomic E-state index is -0.281. The van der Waals surface area contributed by atoms with E-state index in [9.17, 15) is 4.79 Å². The van der Waals surface area contributed by atoms with Crippen molar-refractivity contribution in [3.8, 4) is 17.2 Å². The largest absolute Gasteiger partial charge is 0.497 e. The number of amides is 2. The van der Waals surface area contributed by atoms with Gasteiger partial charge in [0.05, 0.1) is 32.0 Å². The Morgan fingerprint density at radius 3 is 2.41 bits per heavy atom. The molecule has 172 valence electrons. The minimum Gasteiger partial charge on any atom is -0.497 e. The lowest BCUT2D eigenvalue weighted by molar-refractivity contribution is 0.194. The zero-order chi connectivity index (χ0) is 23.5. The Morgan fingerprint density at radius 1 is 0.941 bits per heavy atom. The van der Waals surface area contributed by atoms with Crippen LogP contribution < -0.4 is 14.8 Å². The van der Waals surface area contributed by atoms with Crippen molar-refractivity contribution < 1.29 is 14.3 Å². The number of hydrogen-bond donors (Lipinski definition) is 1. The molecule has 6 nitrogen and oxygen atoms in total. The molecule has 0 fully saturated rings. The monoisotopic (exact) mass is 453 g/mol. The number of hydrogen-bond acceptors (Lipinski definition) is 3. The number of benzene rings is 3. The Hall–Kier alpha value is -4.19. The Bertz CT molecular complexity index is 1280. The summed E-state index contributed by atoms with van der Waals surface area (Å²) in [7, 11) is 1.62. The van der Waals surface area contributed by atoms with E-state index in [4.69, 9.17) is 9.47 Å². The van der Waals surface area contributed by atoms with Crippen molar-refractivity contribution in [2.45, 2.75) is 19.5 Å². The zero-order valence-electron chi connectivity index (χ0n) is 19.3. The first-order valence-corrected chi connectivity index (χ1v) is 11.4. The van der Waals surface area contributed by atoms with Crippen LogP contribution in [0, 0.1) is 0 Å². The van der Waals surface area contributed by atoms with Crippen molar-refractivity contribution in [3.05, 3.63) is 108 Å². The highest BCUT2D eigenvalue weighted by Gasteiger charge is 2.33. The summed E-state index contributed by atoms with van der Waals surface area (Å²) >= 11 is 0. The van der Waals surface area contributed by atoms with Crippen LogP contribution >= 0.6 is 0 Å². The standard InChI is InChI=1S/C28H27N3O3/c1-3-34-24-14-10-20(11-15-24)27-26-9-6-18-30(26)25-8-5-4-7-21(25)19-31(27)28(32)29-22-12-16-23(33-2)17-13-22/h4-18,27H,3,19H2,1-2H3,(H,29,32)/t27-/m0/s1. The van der Waals surface area contributed by atoms with Crippen LogP contribution in [0.25, 0.3) is 5.69 Å². The first-order valence-electron chi connectivity index (χ1n) is 11.4. The molecule has 0 saturated carbocycles. The average molecular weight is 454 g/mol. The van der Waals surface area contributed by atoms with Crippen LogP contribution in [0.1, 0.15) is 29.8 Å². The van der Waals surface area contributed by atoms with Gasteiger partial charge < -0.3 is 24.3 Å². The molecule has 0 spiro atoms. The first-order chi connectivity index (χ1) is 16.7. The lowest BCUT2D eigenvalue weighted by Gasteiger charge is -2.31. The summed E-state index contributed by atoms with van der Waals surface area (Å²) in [6.07, 6.45) is 2.06. The summed E-state index contributed by atoms with van der Waals surface area (Å²) in [5.41, 5.74) is 4.92. The van der Waals surface area contributed by atoms with Crippen molar-refractivity contribution in [1.82, 2.24) is 9.47 Å². The quantitative estimate of drug-likeness (QED) is 0.402. The molecule has 1 aromatic heterocycles. The number of ether oxygens (including phenoxy) is 2. The van der Waals surface area contributed by atoms with Crippen molar-refractivity contribution in [2.24, 2.45) is 0 Å². The van der Waals surface area contributed by atoms with Gasteiger partial charge in [-0.05, 0) is 72.6 Å². The van der Waals surface area contributed by atoms with Crippen LogP contribution in [-0.4, -0.2) is 29.2 Å². The van der Waals surface area contributed by atoms with Gasteiger partial charge in [0, 0.05) is 17.6 Å². The number of fused-ring (bicyclic) bond motifs is 3. The van der Waals surface area contributed by atoms with Crippen molar-refractivity contribution in [3.63, 3.8) is 0 Å². The Kier molecular flexibility index (Phi) is 5.95. The van der Waals surface area contributed by atoms with E-state index in [2.05, 4.69) is 34.3 Å². The lowest BCUT2D eigenvalue weighted by atomic mass is 10.0. The van der Waals surface area contributed by atoms with Crippen molar-refractivity contribution in [2.75, 3.05) is 19.0 Å². The van der Waals surface area contributed by atoms with E-state index < -0.39 is 0 Å². The SMILES string of the molecule is CCOc1ccc([C@H]2c3cccn3-c3ccccc3CN2C(=O)Nc2ccc(OC)cc2)cc1. The number of carbonyl (C=O) groups excluding carboxylic acids is 1. The van der Waals surface area contributed by atoms with Gasteiger partial charge in [0.1, 0.15) is 11.5 Å². The summed E-state index contributed by atoms with van der Waals surface area (Å²) < 4.78 is 13.1. The van der Waals surface area contributed by atoms with Crippen LogP contribution in [0.2, 0.25) is 0 Å². The Morgan fingerprint density at radius 2 is 1.68 bits per heavy atom. The zero-order valence-corrected chi connectivity index (χ0v) is 19.3. The fourth-order valence-corrected chi connectivity index (χ4v) is 4.47. The summed E-state index contributed by atoms with van der Waals surface area (Å²) in [5.74, 6) is 1.56. The molecule has 1 atom stereocenters. The average Bonchev–Trinajstić information content (AvgIpc) is 3.30. The number of nitrogens with one attached hydrogen (secondary N) is 1. The molecule has 1 aliphatic rings. The van der Waals surface area contributed by atoms with Crippen LogP contribution in [0.15, 0.2) is 91.1 Å². The molecule has 6 heteroatoms. The maximum absolute atomic E-state index is 13.7. The van der Waals surface area contributed by atoms with Gasteiger partial charge >= 0.3 is 6.03 Å². The molecule has 3 aromatic carbocycles. The molecule has 0 radical (unpaired) electrons. The molecule has 4 aromatic rings. The highest BCUT2D eigenvalue weighted by Crippen LogP contribution is 2.37. The molecule has 2 heterocycles. The normalized spacial score (nSPS) is 14.5. The van der Waals surface area contributed by atoms with Crippen molar-refractivity contribution in [1.29, 1.82) is 0 Å². The molecule has 0 saturated heterocycles. The second-order valence-corrected chi connectivity index (χ2v) is 8.12. The second-order valence-electron chi connectivity index (χ2n) is 8.12. The van der Waals surface area contributed by atoms with Gasteiger partial charge in [-0.25, -0.2) is 4.79 Å². The number of carbonyl (C=O) groups is 1. The molecule has 1 N–H and O–H groups in total. The third kappa shape index (κ3) is 4.10. The number of anilines is 1.